The number of benzene rings is 1. The van der Waals surface area contributed by atoms with E-state index in [1.807, 2.05) is 0 Å². The molecule has 98 valence electrons. The summed E-state index contributed by atoms with van der Waals surface area (Å²) < 4.78 is 40.0. The molecule has 1 aromatic carbocycles. The third kappa shape index (κ3) is 3.63. The first-order valence-electron chi connectivity index (χ1n) is 5.21. The SMILES string of the molecule is O=C(Nc1ccc(OC(F)(F)F)c(Br)c1)C1CC1. The number of carbonyl (C=O) groups excluding carboxylic acids is 1. The standard InChI is InChI=1S/C11H9BrF3NO2/c12-8-5-7(16-10(17)6-1-2-6)3-4-9(8)18-11(13,14)15/h3-6H,1-2H2,(H,16,17). The van der Waals surface area contributed by atoms with Crippen molar-refractivity contribution in [2.45, 2.75) is 19.2 Å². The van der Waals surface area contributed by atoms with Crippen molar-refractivity contribution in [2.24, 2.45) is 5.92 Å². The van der Waals surface area contributed by atoms with E-state index in [0.717, 1.165) is 18.9 Å². The van der Waals surface area contributed by atoms with Crippen molar-refractivity contribution in [1.29, 1.82) is 0 Å². The van der Waals surface area contributed by atoms with E-state index < -0.39 is 6.36 Å². The summed E-state index contributed by atoms with van der Waals surface area (Å²) in [4.78, 5) is 11.5. The molecule has 1 fully saturated rings. The number of amides is 1. The normalized spacial score (nSPS) is 15.3. The first-order chi connectivity index (χ1) is 8.35. The summed E-state index contributed by atoms with van der Waals surface area (Å²) in [6, 6.07) is 3.90. The Bertz CT molecular complexity index is 472. The van der Waals surface area contributed by atoms with Crippen molar-refractivity contribution in [3.63, 3.8) is 0 Å². The molecule has 0 unspecified atom stereocenters. The molecular formula is C11H9BrF3NO2. The third-order valence-corrected chi connectivity index (χ3v) is 2.99. The number of halogens is 4. The second-order valence-corrected chi connectivity index (χ2v) is 4.81. The molecule has 1 aromatic rings. The molecule has 1 N–H and O–H groups in total. The topological polar surface area (TPSA) is 38.3 Å². The molecule has 0 spiro atoms. The highest BCUT2D eigenvalue weighted by Crippen LogP contribution is 2.34. The summed E-state index contributed by atoms with van der Waals surface area (Å²) >= 11 is 2.97. The predicted octanol–water partition coefficient (Wildman–Crippen LogP) is 3.70. The fraction of sp³-hybridized carbons (Fsp3) is 0.364. The van der Waals surface area contributed by atoms with E-state index in [4.69, 9.17) is 0 Å². The van der Waals surface area contributed by atoms with Crippen molar-refractivity contribution in [3.8, 4) is 5.75 Å². The van der Waals surface area contributed by atoms with Crippen LogP contribution in [-0.4, -0.2) is 12.3 Å². The van der Waals surface area contributed by atoms with Crippen LogP contribution in [0.1, 0.15) is 12.8 Å². The molecule has 0 atom stereocenters. The Morgan fingerprint density at radius 1 is 1.39 bits per heavy atom. The minimum atomic E-state index is -4.73. The summed E-state index contributed by atoms with van der Waals surface area (Å²) in [5.74, 6) is -0.409. The summed E-state index contributed by atoms with van der Waals surface area (Å²) in [6.07, 6.45) is -3.01. The lowest BCUT2D eigenvalue weighted by Gasteiger charge is -2.12. The average Bonchev–Trinajstić information content (AvgIpc) is 3.03. The van der Waals surface area contributed by atoms with Gasteiger partial charge in [-0.2, -0.15) is 0 Å². The van der Waals surface area contributed by atoms with Crippen LogP contribution in [0, 0.1) is 5.92 Å². The highest BCUT2D eigenvalue weighted by molar-refractivity contribution is 9.10. The molecule has 2 rings (SSSR count). The third-order valence-electron chi connectivity index (χ3n) is 2.37. The van der Waals surface area contributed by atoms with Crippen molar-refractivity contribution in [3.05, 3.63) is 22.7 Å². The Kier molecular flexibility index (Phi) is 3.52. The fourth-order valence-electron chi connectivity index (χ4n) is 1.38. The zero-order valence-electron chi connectivity index (χ0n) is 9.05. The molecule has 3 nitrogen and oxygen atoms in total. The second kappa shape index (κ2) is 4.79. The van der Waals surface area contributed by atoms with Gasteiger partial charge in [0.15, 0.2) is 0 Å². The monoisotopic (exact) mass is 323 g/mol. The lowest BCUT2D eigenvalue weighted by molar-refractivity contribution is -0.274. The number of hydrogen-bond acceptors (Lipinski definition) is 2. The maximum atomic E-state index is 12.0. The molecular weight excluding hydrogens is 315 g/mol. The van der Waals surface area contributed by atoms with E-state index in [-0.39, 0.29) is 22.0 Å². The van der Waals surface area contributed by atoms with Gasteiger partial charge in [-0.25, -0.2) is 0 Å². The van der Waals surface area contributed by atoms with Gasteiger partial charge in [-0.1, -0.05) is 0 Å². The highest BCUT2D eigenvalue weighted by Gasteiger charge is 2.32. The van der Waals surface area contributed by atoms with Crippen LogP contribution in [0.2, 0.25) is 0 Å². The molecule has 1 aliphatic carbocycles. The summed E-state index contributed by atoms with van der Waals surface area (Å²) in [7, 11) is 0. The van der Waals surface area contributed by atoms with E-state index in [1.165, 1.54) is 12.1 Å². The number of nitrogens with one attached hydrogen (secondary N) is 1. The second-order valence-electron chi connectivity index (χ2n) is 3.96. The Labute approximate surface area is 109 Å². The fourth-order valence-corrected chi connectivity index (χ4v) is 1.84. The molecule has 1 amide bonds. The van der Waals surface area contributed by atoms with Gasteiger partial charge in [0.25, 0.3) is 0 Å². The van der Waals surface area contributed by atoms with Gasteiger partial charge in [0.1, 0.15) is 5.75 Å². The average molecular weight is 324 g/mol. The molecule has 0 saturated heterocycles. The molecule has 0 bridgehead atoms. The molecule has 0 heterocycles. The van der Waals surface area contributed by atoms with Crippen molar-refractivity contribution >= 4 is 27.5 Å². The number of rotatable bonds is 3. The molecule has 1 aliphatic rings. The Morgan fingerprint density at radius 2 is 2.06 bits per heavy atom. The number of ether oxygens (including phenoxy) is 1. The van der Waals surface area contributed by atoms with Gasteiger partial charge in [0.05, 0.1) is 4.47 Å². The van der Waals surface area contributed by atoms with E-state index >= 15 is 0 Å². The maximum Gasteiger partial charge on any atom is 0.573 e. The van der Waals surface area contributed by atoms with Crippen LogP contribution in [0.25, 0.3) is 0 Å². The number of carbonyl (C=O) groups is 1. The molecule has 7 heteroatoms. The predicted molar refractivity (Wildman–Crippen MR) is 62.2 cm³/mol. The van der Waals surface area contributed by atoms with Crippen LogP contribution in [0.3, 0.4) is 0 Å². The van der Waals surface area contributed by atoms with Gasteiger partial charge < -0.3 is 10.1 Å². The molecule has 0 radical (unpaired) electrons. The zero-order chi connectivity index (χ0) is 13.3. The summed E-state index contributed by atoms with van der Waals surface area (Å²) in [5, 5.41) is 2.63. The van der Waals surface area contributed by atoms with Crippen molar-refractivity contribution in [2.75, 3.05) is 5.32 Å². The van der Waals surface area contributed by atoms with E-state index in [1.54, 1.807) is 0 Å². The lowest BCUT2D eigenvalue weighted by atomic mass is 10.3. The summed E-state index contributed by atoms with van der Waals surface area (Å²) in [6.45, 7) is 0. The van der Waals surface area contributed by atoms with Crippen LogP contribution >= 0.6 is 15.9 Å². The van der Waals surface area contributed by atoms with Crippen molar-refractivity contribution in [1.82, 2.24) is 0 Å². The molecule has 1 saturated carbocycles. The smallest absolute Gasteiger partial charge is 0.405 e. The van der Waals surface area contributed by atoms with Gasteiger partial charge in [-0.15, -0.1) is 13.2 Å². The van der Waals surface area contributed by atoms with Crippen LogP contribution in [0.5, 0.6) is 5.75 Å². The first-order valence-corrected chi connectivity index (χ1v) is 6.00. The Balaban J connectivity index is 2.06. The Hall–Kier alpha value is -1.24. The van der Waals surface area contributed by atoms with Crippen molar-refractivity contribution < 1.29 is 22.7 Å². The van der Waals surface area contributed by atoms with E-state index in [9.17, 15) is 18.0 Å². The number of alkyl halides is 3. The van der Waals surface area contributed by atoms with Crippen LogP contribution in [0.15, 0.2) is 22.7 Å². The quantitative estimate of drug-likeness (QED) is 0.921. The van der Waals surface area contributed by atoms with Gasteiger partial charge in [-0.3, -0.25) is 4.79 Å². The number of anilines is 1. The molecule has 0 aromatic heterocycles. The zero-order valence-corrected chi connectivity index (χ0v) is 10.6. The highest BCUT2D eigenvalue weighted by atomic mass is 79.9. The van der Waals surface area contributed by atoms with Gasteiger partial charge in [-0.05, 0) is 47.0 Å². The largest absolute Gasteiger partial charge is 0.573 e. The van der Waals surface area contributed by atoms with Crippen LogP contribution < -0.4 is 10.1 Å². The van der Waals surface area contributed by atoms with Gasteiger partial charge >= 0.3 is 6.36 Å². The van der Waals surface area contributed by atoms with Crippen LogP contribution in [0.4, 0.5) is 18.9 Å². The number of hydrogen-bond donors (Lipinski definition) is 1. The van der Waals surface area contributed by atoms with E-state index in [0.29, 0.717) is 5.69 Å². The minimum absolute atomic E-state index is 0.0369. The van der Waals surface area contributed by atoms with Crippen LogP contribution in [-0.2, 0) is 4.79 Å². The van der Waals surface area contributed by atoms with Gasteiger partial charge in [0.2, 0.25) is 5.91 Å². The molecule has 18 heavy (non-hydrogen) atoms. The van der Waals surface area contributed by atoms with Gasteiger partial charge in [0, 0.05) is 11.6 Å². The maximum absolute atomic E-state index is 12.0. The first kappa shape index (κ1) is 13.2. The minimum Gasteiger partial charge on any atom is -0.405 e. The Morgan fingerprint density at radius 3 is 2.56 bits per heavy atom. The molecule has 0 aliphatic heterocycles. The lowest BCUT2D eigenvalue weighted by Crippen LogP contribution is -2.17. The summed E-state index contributed by atoms with van der Waals surface area (Å²) in [5.41, 5.74) is 0.438. The van der Waals surface area contributed by atoms with E-state index in [2.05, 4.69) is 26.0 Å².